The molecule has 1 aliphatic heterocycles. The summed E-state index contributed by atoms with van der Waals surface area (Å²) in [5.41, 5.74) is 2.72. The molecule has 0 bridgehead atoms. The highest BCUT2D eigenvalue weighted by molar-refractivity contribution is 5.72. The second-order valence-electron chi connectivity index (χ2n) is 4.99. The van der Waals surface area contributed by atoms with E-state index < -0.39 is 0 Å². The lowest BCUT2D eigenvalue weighted by Gasteiger charge is -2.37. The van der Waals surface area contributed by atoms with Crippen LogP contribution < -0.4 is 15.1 Å². The highest BCUT2D eigenvalue weighted by Crippen LogP contribution is 2.31. The van der Waals surface area contributed by atoms with Gasteiger partial charge >= 0.3 is 0 Å². The standard InChI is InChI=1S/C15H25N3O/c1-17-11-12-18(10-5-8-16-9-13-19-2)15-7-4-3-6-14(15)17/h3-4,6-7,16H,5,8-13H2,1-2H3. The van der Waals surface area contributed by atoms with Crippen molar-refractivity contribution in [2.24, 2.45) is 0 Å². The molecule has 0 aromatic heterocycles. The molecule has 0 fully saturated rings. The number of rotatable bonds is 7. The Kier molecular flexibility index (Phi) is 5.48. The Morgan fingerprint density at radius 2 is 1.95 bits per heavy atom. The van der Waals surface area contributed by atoms with Crippen molar-refractivity contribution >= 4 is 11.4 Å². The summed E-state index contributed by atoms with van der Waals surface area (Å²) in [6.45, 7) is 6.12. The maximum atomic E-state index is 5.02. The van der Waals surface area contributed by atoms with Gasteiger partial charge in [-0.15, -0.1) is 0 Å². The molecular formula is C15H25N3O. The number of hydrogen-bond donors (Lipinski definition) is 1. The highest BCUT2D eigenvalue weighted by Gasteiger charge is 2.18. The Balaban J connectivity index is 1.80. The van der Waals surface area contributed by atoms with Crippen molar-refractivity contribution in [3.8, 4) is 0 Å². The van der Waals surface area contributed by atoms with Gasteiger partial charge in [0.25, 0.3) is 0 Å². The molecule has 1 aliphatic rings. The van der Waals surface area contributed by atoms with Crippen LogP contribution in [0.4, 0.5) is 11.4 Å². The largest absolute Gasteiger partial charge is 0.383 e. The van der Waals surface area contributed by atoms with Gasteiger partial charge in [0.1, 0.15) is 0 Å². The van der Waals surface area contributed by atoms with Crippen LogP contribution in [0.1, 0.15) is 6.42 Å². The van der Waals surface area contributed by atoms with Crippen LogP contribution in [-0.4, -0.2) is 53.5 Å². The van der Waals surface area contributed by atoms with Gasteiger partial charge < -0.3 is 19.9 Å². The van der Waals surface area contributed by atoms with E-state index in [1.165, 1.54) is 17.8 Å². The van der Waals surface area contributed by atoms with Crippen LogP contribution in [0, 0.1) is 0 Å². The molecule has 4 nitrogen and oxygen atoms in total. The maximum Gasteiger partial charge on any atom is 0.0604 e. The van der Waals surface area contributed by atoms with Crippen LogP contribution >= 0.6 is 0 Å². The first-order valence-electron chi connectivity index (χ1n) is 7.07. The number of ether oxygens (including phenoxy) is 1. The van der Waals surface area contributed by atoms with Crippen molar-refractivity contribution in [3.05, 3.63) is 24.3 Å². The minimum Gasteiger partial charge on any atom is -0.383 e. The van der Waals surface area contributed by atoms with Crippen molar-refractivity contribution in [2.75, 3.05) is 63.3 Å². The number of nitrogens with one attached hydrogen (secondary N) is 1. The molecule has 1 aromatic carbocycles. The molecule has 0 amide bonds. The molecule has 4 heteroatoms. The Bertz CT molecular complexity index is 383. The average molecular weight is 263 g/mol. The van der Waals surface area contributed by atoms with E-state index >= 15 is 0 Å². The summed E-state index contributed by atoms with van der Waals surface area (Å²) in [7, 11) is 3.91. The van der Waals surface area contributed by atoms with Gasteiger partial charge in [-0.1, -0.05) is 12.1 Å². The Hall–Kier alpha value is -1.26. The van der Waals surface area contributed by atoms with Gasteiger partial charge in [-0.05, 0) is 25.1 Å². The maximum absolute atomic E-state index is 5.02. The summed E-state index contributed by atoms with van der Waals surface area (Å²) in [5.74, 6) is 0. The summed E-state index contributed by atoms with van der Waals surface area (Å²) < 4.78 is 5.02. The summed E-state index contributed by atoms with van der Waals surface area (Å²) in [6.07, 6.45) is 1.17. The van der Waals surface area contributed by atoms with E-state index in [9.17, 15) is 0 Å². The predicted molar refractivity (Wildman–Crippen MR) is 81.3 cm³/mol. The fraction of sp³-hybridized carbons (Fsp3) is 0.600. The smallest absolute Gasteiger partial charge is 0.0604 e. The molecule has 2 rings (SSSR count). The van der Waals surface area contributed by atoms with Gasteiger partial charge in [0.05, 0.1) is 18.0 Å². The van der Waals surface area contributed by atoms with Crippen molar-refractivity contribution in [2.45, 2.75) is 6.42 Å². The second kappa shape index (κ2) is 7.36. The van der Waals surface area contributed by atoms with Crippen molar-refractivity contribution in [1.29, 1.82) is 0 Å². The minimum absolute atomic E-state index is 0.789. The Morgan fingerprint density at radius 3 is 2.74 bits per heavy atom. The van der Waals surface area contributed by atoms with Gasteiger partial charge in [0, 0.05) is 40.3 Å². The van der Waals surface area contributed by atoms with Gasteiger partial charge in [0.2, 0.25) is 0 Å². The van der Waals surface area contributed by atoms with E-state index in [0.717, 1.165) is 39.3 Å². The normalized spacial score (nSPS) is 14.6. The number of benzene rings is 1. The molecule has 0 saturated heterocycles. The van der Waals surface area contributed by atoms with Crippen LogP contribution in [0.3, 0.4) is 0 Å². The molecule has 19 heavy (non-hydrogen) atoms. The van der Waals surface area contributed by atoms with E-state index in [1.54, 1.807) is 7.11 Å². The molecule has 0 spiro atoms. The molecular weight excluding hydrogens is 238 g/mol. The number of methoxy groups -OCH3 is 1. The summed E-state index contributed by atoms with van der Waals surface area (Å²) in [6, 6.07) is 8.68. The fourth-order valence-corrected chi connectivity index (χ4v) is 2.49. The number of nitrogens with zero attached hydrogens (tertiary/aromatic N) is 2. The van der Waals surface area contributed by atoms with Crippen molar-refractivity contribution < 1.29 is 4.74 Å². The summed E-state index contributed by atoms with van der Waals surface area (Å²) in [5, 5.41) is 3.40. The van der Waals surface area contributed by atoms with E-state index in [2.05, 4.69) is 46.4 Å². The van der Waals surface area contributed by atoms with Crippen molar-refractivity contribution in [3.63, 3.8) is 0 Å². The van der Waals surface area contributed by atoms with Gasteiger partial charge in [-0.3, -0.25) is 0 Å². The lowest BCUT2D eigenvalue weighted by atomic mass is 10.1. The Morgan fingerprint density at radius 1 is 1.16 bits per heavy atom. The molecule has 106 valence electrons. The third-order valence-electron chi connectivity index (χ3n) is 3.60. The lowest BCUT2D eigenvalue weighted by Crippen LogP contribution is -2.40. The number of likely N-dealkylation sites (N-methyl/N-ethyl adjacent to an activating group) is 1. The Labute approximate surface area is 116 Å². The molecule has 1 heterocycles. The molecule has 0 unspecified atom stereocenters. The second-order valence-corrected chi connectivity index (χ2v) is 4.99. The summed E-state index contributed by atoms with van der Waals surface area (Å²) in [4.78, 5) is 4.83. The average Bonchev–Trinajstić information content (AvgIpc) is 2.45. The topological polar surface area (TPSA) is 27.7 Å². The highest BCUT2D eigenvalue weighted by atomic mass is 16.5. The first-order chi connectivity index (χ1) is 9.33. The molecule has 0 radical (unpaired) electrons. The molecule has 0 atom stereocenters. The number of hydrogen-bond acceptors (Lipinski definition) is 4. The predicted octanol–water partition coefficient (Wildman–Crippen LogP) is 1.57. The molecule has 1 N–H and O–H groups in total. The van der Waals surface area contributed by atoms with Gasteiger partial charge in [-0.25, -0.2) is 0 Å². The van der Waals surface area contributed by atoms with Gasteiger partial charge in [0.15, 0.2) is 0 Å². The van der Waals surface area contributed by atoms with Crippen LogP contribution in [-0.2, 0) is 4.74 Å². The summed E-state index contributed by atoms with van der Waals surface area (Å²) >= 11 is 0. The quantitative estimate of drug-likeness (QED) is 0.756. The van der Waals surface area contributed by atoms with Gasteiger partial charge in [-0.2, -0.15) is 0 Å². The number of para-hydroxylation sites is 2. The van der Waals surface area contributed by atoms with Crippen LogP contribution in [0.5, 0.6) is 0 Å². The third-order valence-corrected chi connectivity index (χ3v) is 3.60. The zero-order chi connectivity index (χ0) is 13.5. The molecule has 1 aromatic rings. The fourth-order valence-electron chi connectivity index (χ4n) is 2.49. The van der Waals surface area contributed by atoms with Crippen LogP contribution in [0.25, 0.3) is 0 Å². The van der Waals surface area contributed by atoms with E-state index in [0.29, 0.717) is 0 Å². The van der Waals surface area contributed by atoms with Crippen LogP contribution in [0.15, 0.2) is 24.3 Å². The minimum atomic E-state index is 0.789. The third kappa shape index (κ3) is 3.85. The number of fused-ring (bicyclic) bond motifs is 1. The van der Waals surface area contributed by atoms with E-state index in [1.807, 2.05) is 0 Å². The monoisotopic (exact) mass is 263 g/mol. The molecule has 0 aliphatic carbocycles. The van der Waals surface area contributed by atoms with Crippen molar-refractivity contribution in [1.82, 2.24) is 5.32 Å². The lowest BCUT2D eigenvalue weighted by molar-refractivity contribution is 0.199. The zero-order valence-electron chi connectivity index (χ0n) is 12.1. The zero-order valence-corrected chi connectivity index (χ0v) is 12.1. The van der Waals surface area contributed by atoms with E-state index in [-0.39, 0.29) is 0 Å². The number of anilines is 2. The first kappa shape index (κ1) is 14.2. The van der Waals surface area contributed by atoms with E-state index in [4.69, 9.17) is 4.74 Å². The van der Waals surface area contributed by atoms with Crippen LogP contribution in [0.2, 0.25) is 0 Å². The molecule has 0 saturated carbocycles. The SMILES string of the molecule is COCCNCCCN1CCN(C)c2ccccc21. The first-order valence-corrected chi connectivity index (χ1v) is 7.07.